The average Bonchev–Trinajstić information content (AvgIpc) is 2.68. The van der Waals surface area contributed by atoms with Gasteiger partial charge in [-0.05, 0) is 55.7 Å². The maximum atomic E-state index is 13.2. The van der Waals surface area contributed by atoms with Gasteiger partial charge in [-0.3, -0.25) is 9.59 Å². The van der Waals surface area contributed by atoms with Gasteiger partial charge in [-0.25, -0.2) is 4.39 Å². The topological polar surface area (TPSA) is 49.4 Å². The molecule has 0 radical (unpaired) electrons. The number of amides is 2. The summed E-state index contributed by atoms with van der Waals surface area (Å²) in [4.78, 5) is 27.2. The molecule has 29 heavy (non-hydrogen) atoms. The highest BCUT2D eigenvalue weighted by Gasteiger charge is 2.27. The molecule has 0 heterocycles. The molecular formula is C22H25Cl2FN2O2. The molecule has 156 valence electrons. The van der Waals surface area contributed by atoms with E-state index in [0.29, 0.717) is 21.2 Å². The highest BCUT2D eigenvalue weighted by Crippen LogP contribution is 2.23. The molecule has 1 N–H and O–H groups in total. The van der Waals surface area contributed by atoms with E-state index >= 15 is 0 Å². The lowest BCUT2D eigenvalue weighted by molar-refractivity contribution is -0.140. The monoisotopic (exact) mass is 438 g/mol. The van der Waals surface area contributed by atoms with E-state index in [0.717, 1.165) is 6.42 Å². The Kier molecular flexibility index (Phi) is 8.47. The highest BCUT2D eigenvalue weighted by atomic mass is 35.5. The molecule has 0 aromatic heterocycles. The van der Waals surface area contributed by atoms with Crippen molar-refractivity contribution in [2.24, 2.45) is 0 Å². The zero-order valence-electron chi connectivity index (χ0n) is 16.7. The summed E-state index contributed by atoms with van der Waals surface area (Å²) < 4.78 is 13.2. The Hall–Kier alpha value is -2.11. The third-order valence-corrected chi connectivity index (χ3v) is 5.38. The van der Waals surface area contributed by atoms with Crippen LogP contribution in [0, 0.1) is 5.82 Å². The van der Waals surface area contributed by atoms with Crippen molar-refractivity contribution in [2.75, 3.05) is 0 Å². The van der Waals surface area contributed by atoms with Crippen LogP contribution in [0.3, 0.4) is 0 Å². The van der Waals surface area contributed by atoms with Gasteiger partial charge in [0.25, 0.3) is 0 Å². The molecular weight excluding hydrogens is 414 g/mol. The quantitative estimate of drug-likeness (QED) is 0.629. The van der Waals surface area contributed by atoms with Crippen molar-refractivity contribution in [1.29, 1.82) is 0 Å². The van der Waals surface area contributed by atoms with E-state index in [-0.39, 0.29) is 36.6 Å². The number of rotatable bonds is 8. The van der Waals surface area contributed by atoms with E-state index in [1.165, 1.54) is 17.0 Å². The SMILES string of the molecule is CCC(C)NC(=O)C(C)N(Cc1ccc(Cl)cc1Cl)C(=O)Cc1ccc(F)cc1. The van der Waals surface area contributed by atoms with Gasteiger partial charge in [-0.2, -0.15) is 0 Å². The van der Waals surface area contributed by atoms with Crippen molar-refractivity contribution in [3.8, 4) is 0 Å². The predicted octanol–water partition coefficient (Wildman–Crippen LogP) is 5.01. The average molecular weight is 439 g/mol. The van der Waals surface area contributed by atoms with Crippen LogP contribution in [0.4, 0.5) is 4.39 Å². The van der Waals surface area contributed by atoms with Crippen LogP contribution >= 0.6 is 23.2 Å². The van der Waals surface area contributed by atoms with E-state index in [9.17, 15) is 14.0 Å². The van der Waals surface area contributed by atoms with Crippen molar-refractivity contribution < 1.29 is 14.0 Å². The fraction of sp³-hybridized carbons (Fsp3) is 0.364. The largest absolute Gasteiger partial charge is 0.352 e. The first-order chi connectivity index (χ1) is 13.7. The lowest BCUT2D eigenvalue weighted by Crippen LogP contribution is -2.49. The first kappa shape index (κ1) is 23.2. The molecule has 7 heteroatoms. The van der Waals surface area contributed by atoms with Gasteiger partial charge in [-0.15, -0.1) is 0 Å². The number of benzene rings is 2. The molecule has 0 fully saturated rings. The van der Waals surface area contributed by atoms with E-state index in [1.54, 1.807) is 37.3 Å². The molecule has 0 bridgehead atoms. The molecule has 0 aliphatic carbocycles. The van der Waals surface area contributed by atoms with Gasteiger partial charge in [0.2, 0.25) is 11.8 Å². The van der Waals surface area contributed by atoms with Gasteiger partial charge < -0.3 is 10.2 Å². The minimum atomic E-state index is -0.705. The van der Waals surface area contributed by atoms with Crippen LogP contribution in [0.5, 0.6) is 0 Å². The second-order valence-electron chi connectivity index (χ2n) is 7.05. The zero-order chi connectivity index (χ0) is 21.6. The summed E-state index contributed by atoms with van der Waals surface area (Å²) in [5.41, 5.74) is 1.35. The van der Waals surface area contributed by atoms with E-state index in [4.69, 9.17) is 23.2 Å². The van der Waals surface area contributed by atoms with Gasteiger partial charge in [0.1, 0.15) is 11.9 Å². The minimum absolute atomic E-state index is 0.00174. The molecule has 2 rings (SSSR count). The van der Waals surface area contributed by atoms with Crippen molar-refractivity contribution >= 4 is 35.0 Å². The minimum Gasteiger partial charge on any atom is -0.352 e. The molecule has 0 aliphatic heterocycles. The summed E-state index contributed by atoms with van der Waals surface area (Å²) in [5.74, 6) is -0.862. The smallest absolute Gasteiger partial charge is 0.242 e. The van der Waals surface area contributed by atoms with Gasteiger partial charge >= 0.3 is 0 Å². The van der Waals surface area contributed by atoms with Crippen molar-refractivity contribution in [3.63, 3.8) is 0 Å². The fourth-order valence-electron chi connectivity index (χ4n) is 2.76. The van der Waals surface area contributed by atoms with Crippen LogP contribution in [0.15, 0.2) is 42.5 Å². The third kappa shape index (κ3) is 6.72. The van der Waals surface area contributed by atoms with E-state index in [2.05, 4.69) is 5.32 Å². The summed E-state index contributed by atoms with van der Waals surface area (Å²) in [6.07, 6.45) is 0.831. The molecule has 2 atom stereocenters. The Bertz CT molecular complexity index is 858. The maximum Gasteiger partial charge on any atom is 0.242 e. The second-order valence-corrected chi connectivity index (χ2v) is 7.90. The molecule has 4 nitrogen and oxygen atoms in total. The second kappa shape index (κ2) is 10.6. The Morgan fingerprint density at radius 2 is 1.76 bits per heavy atom. The third-order valence-electron chi connectivity index (χ3n) is 4.79. The number of carbonyl (C=O) groups is 2. The van der Waals surface area contributed by atoms with Crippen molar-refractivity contribution in [1.82, 2.24) is 10.2 Å². The Morgan fingerprint density at radius 1 is 1.10 bits per heavy atom. The highest BCUT2D eigenvalue weighted by molar-refractivity contribution is 6.35. The molecule has 0 aliphatic rings. The zero-order valence-corrected chi connectivity index (χ0v) is 18.2. The molecule has 0 saturated carbocycles. The Morgan fingerprint density at radius 3 is 2.34 bits per heavy atom. The van der Waals surface area contributed by atoms with Gasteiger partial charge in [0.05, 0.1) is 6.42 Å². The first-order valence-corrected chi connectivity index (χ1v) is 10.2. The van der Waals surface area contributed by atoms with Crippen molar-refractivity contribution in [3.05, 3.63) is 69.5 Å². The maximum absolute atomic E-state index is 13.2. The molecule has 2 aromatic rings. The number of hydrogen-bond donors (Lipinski definition) is 1. The van der Waals surface area contributed by atoms with Gasteiger partial charge in [0, 0.05) is 22.6 Å². The van der Waals surface area contributed by atoms with Gasteiger partial charge in [0.15, 0.2) is 0 Å². The Labute approximate surface area is 181 Å². The van der Waals surface area contributed by atoms with Crippen molar-refractivity contribution in [2.45, 2.75) is 52.2 Å². The van der Waals surface area contributed by atoms with Crippen LogP contribution in [0.2, 0.25) is 10.0 Å². The molecule has 0 saturated heterocycles. The predicted molar refractivity (Wildman–Crippen MR) is 114 cm³/mol. The molecule has 2 aromatic carbocycles. The Balaban J connectivity index is 2.26. The van der Waals surface area contributed by atoms with E-state index in [1.807, 2.05) is 13.8 Å². The first-order valence-electron chi connectivity index (χ1n) is 9.49. The number of hydrogen-bond acceptors (Lipinski definition) is 2. The van der Waals surface area contributed by atoms with Crippen LogP contribution in [-0.4, -0.2) is 28.8 Å². The van der Waals surface area contributed by atoms with Gasteiger partial charge in [-0.1, -0.05) is 48.3 Å². The van der Waals surface area contributed by atoms with Crippen LogP contribution in [-0.2, 0) is 22.6 Å². The van der Waals surface area contributed by atoms with E-state index < -0.39 is 6.04 Å². The van der Waals surface area contributed by atoms with Crippen LogP contribution in [0.25, 0.3) is 0 Å². The summed E-state index contributed by atoms with van der Waals surface area (Å²) in [6, 6.07) is 10.1. The summed E-state index contributed by atoms with van der Waals surface area (Å²) in [5, 5.41) is 3.82. The molecule has 0 spiro atoms. The summed E-state index contributed by atoms with van der Waals surface area (Å²) in [6.45, 7) is 5.72. The standard InChI is InChI=1S/C22H25Cl2FN2O2/c1-4-14(2)26-22(29)15(3)27(13-17-7-8-18(23)12-20(17)24)21(28)11-16-5-9-19(25)10-6-16/h5-10,12,14-15H,4,11,13H2,1-3H3,(H,26,29). The number of nitrogens with one attached hydrogen (secondary N) is 1. The summed E-state index contributed by atoms with van der Waals surface area (Å²) in [7, 11) is 0. The van der Waals surface area contributed by atoms with Crippen LogP contribution < -0.4 is 5.32 Å². The number of carbonyl (C=O) groups excluding carboxylic acids is 2. The number of nitrogens with zero attached hydrogens (tertiary/aromatic N) is 1. The summed E-state index contributed by atoms with van der Waals surface area (Å²) >= 11 is 12.2. The number of halogens is 3. The van der Waals surface area contributed by atoms with Crippen LogP contribution in [0.1, 0.15) is 38.3 Å². The molecule has 2 unspecified atom stereocenters. The fourth-order valence-corrected chi connectivity index (χ4v) is 3.23. The normalized spacial score (nSPS) is 12.9. The lowest BCUT2D eigenvalue weighted by atomic mass is 10.1. The molecule has 2 amide bonds. The lowest BCUT2D eigenvalue weighted by Gasteiger charge is -2.30.